The van der Waals surface area contributed by atoms with Gasteiger partial charge in [0.25, 0.3) is 0 Å². The molecule has 29 heavy (non-hydrogen) atoms. The lowest BCUT2D eigenvalue weighted by Crippen LogP contribution is -2.46. The van der Waals surface area contributed by atoms with E-state index in [0.29, 0.717) is 31.6 Å². The third-order valence-electron chi connectivity index (χ3n) is 5.72. The molecule has 2 aliphatic heterocycles. The van der Waals surface area contributed by atoms with Crippen molar-refractivity contribution < 1.29 is 14.3 Å². The monoisotopic (exact) mass is 397 g/mol. The van der Waals surface area contributed by atoms with Gasteiger partial charge < -0.3 is 14.5 Å². The summed E-state index contributed by atoms with van der Waals surface area (Å²) >= 11 is 0. The van der Waals surface area contributed by atoms with Crippen LogP contribution >= 0.6 is 0 Å². The number of aromatic nitrogens is 3. The Hall–Kier alpha value is -2.90. The number of likely N-dealkylation sites (tertiary alicyclic amines) is 2. The number of carbonyl (C=O) groups is 2. The van der Waals surface area contributed by atoms with Crippen molar-refractivity contribution in [2.24, 2.45) is 5.92 Å². The molecule has 1 atom stereocenters. The van der Waals surface area contributed by atoms with Crippen LogP contribution in [0.5, 0.6) is 0 Å². The van der Waals surface area contributed by atoms with Crippen LogP contribution in [0.1, 0.15) is 44.4 Å². The van der Waals surface area contributed by atoms with Gasteiger partial charge in [0.1, 0.15) is 11.8 Å². The normalized spacial score (nSPS) is 18.7. The summed E-state index contributed by atoms with van der Waals surface area (Å²) in [5.41, 5.74) is 1.52. The van der Waals surface area contributed by atoms with Crippen molar-refractivity contribution in [3.05, 3.63) is 42.2 Å². The van der Waals surface area contributed by atoms with Gasteiger partial charge in [0, 0.05) is 26.2 Å². The van der Waals surface area contributed by atoms with Gasteiger partial charge in [-0.2, -0.15) is 0 Å². The third-order valence-corrected chi connectivity index (χ3v) is 5.72. The van der Waals surface area contributed by atoms with E-state index in [1.54, 1.807) is 10.9 Å². The highest BCUT2D eigenvalue weighted by atomic mass is 16.5. The topological polar surface area (TPSA) is 80.6 Å². The number of piperidine rings is 1. The van der Waals surface area contributed by atoms with E-state index >= 15 is 0 Å². The van der Waals surface area contributed by atoms with Crippen molar-refractivity contribution in [2.45, 2.75) is 38.7 Å². The zero-order valence-electron chi connectivity index (χ0n) is 16.7. The van der Waals surface area contributed by atoms with E-state index in [0.717, 1.165) is 31.6 Å². The molecule has 0 N–H and O–H groups in total. The number of ether oxygens (including phenoxy) is 1. The van der Waals surface area contributed by atoms with E-state index in [-0.39, 0.29) is 17.9 Å². The van der Waals surface area contributed by atoms with E-state index in [9.17, 15) is 9.59 Å². The lowest BCUT2D eigenvalue weighted by Gasteiger charge is -2.33. The Morgan fingerprint density at radius 3 is 2.38 bits per heavy atom. The standard InChI is InChI=1S/C21H27N5O3/c1-16(19-15-26(23-22-19)18-7-3-2-4-8-18)29-20(27)17-9-13-25(14-10-17)21(28)24-11-5-6-12-24/h2-4,7-8,15-17H,5-6,9-14H2,1H3/t16-/m0/s1. The smallest absolute Gasteiger partial charge is 0.319 e. The molecule has 1 aromatic carbocycles. The number of rotatable bonds is 4. The Labute approximate surface area is 170 Å². The van der Waals surface area contributed by atoms with Crippen LogP contribution in [0, 0.1) is 5.92 Å². The molecule has 8 heteroatoms. The van der Waals surface area contributed by atoms with Crippen molar-refractivity contribution >= 4 is 12.0 Å². The van der Waals surface area contributed by atoms with Gasteiger partial charge in [0.2, 0.25) is 0 Å². The van der Waals surface area contributed by atoms with E-state index in [1.807, 2.05) is 47.1 Å². The maximum atomic E-state index is 12.6. The molecule has 154 valence electrons. The quantitative estimate of drug-likeness (QED) is 0.741. The first-order chi connectivity index (χ1) is 14.1. The molecule has 0 radical (unpaired) electrons. The van der Waals surface area contributed by atoms with E-state index in [2.05, 4.69) is 10.3 Å². The molecule has 0 unspecified atom stereocenters. The Kier molecular flexibility index (Phi) is 5.78. The van der Waals surface area contributed by atoms with Gasteiger partial charge in [-0.25, -0.2) is 9.48 Å². The molecule has 2 aliphatic rings. The lowest BCUT2D eigenvalue weighted by molar-refractivity contribution is -0.155. The second-order valence-electron chi connectivity index (χ2n) is 7.74. The van der Waals surface area contributed by atoms with Crippen molar-refractivity contribution in [1.29, 1.82) is 0 Å². The Balaban J connectivity index is 1.28. The number of carbonyl (C=O) groups excluding carboxylic acids is 2. The van der Waals surface area contributed by atoms with Crippen LogP contribution in [-0.4, -0.2) is 63.0 Å². The van der Waals surface area contributed by atoms with Crippen LogP contribution < -0.4 is 0 Å². The van der Waals surface area contributed by atoms with Crippen molar-refractivity contribution in [3.8, 4) is 5.69 Å². The summed E-state index contributed by atoms with van der Waals surface area (Å²) in [5.74, 6) is -0.399. The summed E-state index contributed by atoms with van der Waals surface area (Å²) in [4.78, 5) is 28.9. The Morgan fingerprint density at radius 1 is 1.03 bits per heavy atom. The molecule has 0 aliphatic carbocycles. The van der Waals surface area contributed by atoms with Crippen LogP contribution in [0.3, 0.4) is 0 Å². The highest BCUT2D eigenvalue weighted by Gasteiger charge is 2.32. The first-order valence-corrected chi connectivity index (χ1v) is 10.3. The second kappa shape index (κ2) is 8.63. The van der Waals surface area contributed by atoms with Crippen LogP contribution in [0.4, 0.5) is 4.79 Å². The maximum absolute atomic E-state index is 12.6. The number of amides is 2. The van der Waals surface area contributed by atoms with Gasteiger partial charge >= 0.3 is 12.0 Å². The summed E-state index contributed by atoms with van der Waals surface area (Å²) in [7, 11) is 0. The Bertz CT molecular complexity index is 839. The van der Waals surface area contributed by atoms with Gasteiger partial charge in [-0.3, -0.25) is 4.79 Å². The first kappa shape index (κ1) is 19.4. The largest absolute Gasteiger partial charge is 0.456 e. The van der Waals surface area contributed by atoms with Crippen LogP contribution in [0.15, 0.2) is 36.5 Å². The molecule has 3 heterocycles. The van der Waals surface area contributed by atoms with Gasteiger partial charge in [-0.05, 0) is 44.7 Å². The number of hydrogen-bond acceptors (Lipinski definition) is 5. The predicted molar refractivity (Wildman–Crippen MR) is 106 cm³/mol. The molecule has 0 bridgehead atoms. The minimum atomic E-state index is -0.468. The molecule has 2 amide bonds. The number of esters is 1. The summed E-state index contributed by atoms with van der Waals surface area (Å²) in [6.07, 6.45) is 4.76. The number of urea groups is 1. The molecule has 2 fully saturated rings. The fourth-order valence-corrected chi connectivity index (χ4v) is 3.92. The van der Waals surface area contributed by atoms with E-state index in [1.165, 1.54) is 0 Å². The van der Waals surface area contributed by atoms with E-state index in [4.69, 9.17) is 4.74 Å². The highest BCUT2D eigenvalue weighted by Crippen LogP contribution is 2.24. The van der Waals surface area contributed by atoms with Crippen molar-refractivity contribution in [2.75, 3.05) is 26.2 Å². The molecular formula is C21H27N5O3. The molecule has 0 spiro atoms. The number of hydrogen-bond donors (Lipinski definition) is 0. The number of benzene rings is 1. The number of nitrogens with zero attached hydrogens (tertiary/aromatic N) is 5. The predicted octanol–water partition coefficient (Wildman–Crippen LogP) is 2.80. The van der Waals surface area contributed by atoms with Crippen molar-refractivity contribution in [3.63, 3.8) is 0 Å². The summed E-state index contributed by atoms with van der Waals surface area (Å²) < 4.78 is 7.32. The fourth-order valence-electron chi connectivity index (χ4n) is 3.92. The van der Waals surface area contributed by atoms with E-state index < -0.39 is 6.10 Å². The number of para-hydroxylation sites is 1. The molecule has 2 saturated heterocycles. The lowest BCUT2D eigenvalue weighted by atomic mass is 9.97. The summed E-state index contributed by atoms with van der Waals surface area (Å²) in [6.45, 7) is 4.72. The summed E-state index contributed by atoms with van der Waals surface area (Å²) in [6, 6.07) is 9.79. The Morgan fingerprint density at radius 2 is 1.69 bits per heavy atom. The molecule has 1 aromatic heterocycles. The second-order valence-corrected chi connectivity index (χ2v) is 7.74. The minimum Gasteiger partial charge on any atom is -0.456 e. The molecule has 2 aromatic rings. The van der Waals surface area contributed by atoms with Crippen LogP contribution in [0.25, 0.3) is 5.69 Å². The summed E-state index contributed by atoms with van der Waals surface area (Å²) in [5, 5.41) is 8.27. The van der Waals surface area contributed by atoms with Gasteiger partial charge in [-0.1, -0.05) is 23.4 Å². The average Bonchev–Trinajstić information content (AvgIpc) is 3.46. The van der Waals surface area contributed by atoms with Gasteiger partial charge in [-0.15, -0.1) is 5.10 Å². The zero-order chi connectivity index (χ0) is 20.2. The average molecular weight is 397 g/mol. The molecule has 4 rings (SSSR count). The van der Waals surface area contributed by atoms with Crippen molar-refractivity contribution in [1.82, 2.24) is 24.8 Å². The maximum Gasteiger partial charge on any atom is 0.319 e. The molecular weight excluding hydrogens is 370 g/mol. The molecule has 8 nitrogen and oxygen atoms in total. The van der Waals surface area contributed by atoms with Gasteiger partial charge in [0.15, 0.2) is 0 Å². The fraction of sp³-hybridized carbons (Fsp3) is 0.524. The SMILES string of the molecule is C[C@H](OC(=O)C1CCN(C(=O)N2CCCC2)CC1)c1cn(-c2ccccc2)nn1. The first-order valence-electron chi connectivity index (χ1n) is 10.3. The van der Waals surface area contributed by atoms with Crippen LogP contribution in [0.2, 0.25) is 0 Å². The minimum absolute atomic E-state index is 0.111. The third kappa shape index (κ3) is 4.41. The zero-order valence-corrected chi connectivity index (χ0v) is 16.7. The van der Waals surface area contributed by atoms with Crippen LogP contribution in [-0.2, 0) is 9.53 Å². The van der Waals surface area contributed by atoms with Gasteiger partial charge in [0.05, 0.1) is 17.8 Å². The molecule has 0 saturated carbocycles. The highest BCUT2D eigenvalue weighted by molar-refractivity contribution is 5.76.